The molecule has 2 aromatic rings. The molecule has 7 nitrogen and oxygen atoms in total. The van der Waals surface area contributed by atoms with Crippen molar-refractivity contribution < 1.29 is 24.0 Å². The Kier molecular flexibility index (Phi) is 5.54. The van der Waals surface area contributed by atoms with Crippen LogP contribution in [-0.4, -0.2) is 28.8 Å². The molecule has 0 spiro atoms. The van der Waals surface area contributed by atoms with Crippen LogP contribution in [0.4, 0.5) is 0 Å². The van der Waals surface area contributed by atoms with E-state index in [0.29, 0.717) is 18.0 Å². The second kappa shape index (κ2) is 8.04. The summed E-state index contributed by atoms with van der Waals surface area (Å²) in [6.45, 7) is 4.28. The molecule has 0 bridgehead atoms. The summed E-state index contributed by atoms with van der Waals surface area (Å²) in [5.74, 6) is -1.91. The van der Waals surface area contributed by atoms with Gasteiger partial charge in [-0.1, -0.05) is 43.2 Å². The van der Waals surface area contributed by atoms with Crippen molar-refractivity contribution in [1.29, 1.82) is 0 Å². The number of rotatable bonds is 6. The standard InChI is InChI=1S/C21H20N2O5/c1-13(2)11-18(24)22-12-14-7-9-15(10-8-14)21(27)28-23-19(25)16-5-3-4-6-17(16)20(23)26/h3-10,13H,11-12H2,1-2H3,(H,22,24). The summed E-state index contributed by atoms with van der Waals surface area (Å²) in [4.78, 5) is 53.5. The Labute approximate surface area is 162 Å². The maximum absolute atomic E-state index is 12.3. The molecule has 0 aromatic heterocycles. The van der Waals surface area contributed by atoms with Gasteiger partial charge >= 0.3 is 5.97 Å². The second-order valence-corrected chi connectivity index (χ2v) is 6.90. The van der Waals surface area contributed by atoms with Crippen LogP contribution in [0.25, 0.3) is 0 Å². The van der Waals surface area contributed by atoms with Gasteiger partial charge in [-0.2, -0.15) is 0 Å². The van der Waals surface area contributed by atoms with E-state index in [1.807, 2.05) is 13.8 Å². The van der Waals surface area contributed by atoms with Gasteiger partial charge in [-0.3, -0.25) is 14.4 Å². The second-order valence-electron chi connectivity index (χ2n) is 6.90. The van der Waals surface area contributed by atoms with Crippen molar-refractivity contribution in [2.45, 2.75) is 26.8 Å². The van der Waals surface area contributed by atoms with Gasteiger partial charge in [-0.15, -0.1) is 0 Å². The van der Waals surface area contributed by atoms with Crippen molar-refractivity contribution in [3.05, 3.63) is 70.8 Å². The minimum Gasteiger partial charge on any atom is -0.352 e. The van der Waals surface area contributed by atoms with Crippen molar-refractivity contribution in [2.24, 2.45) is 5.92 Å². The fraction of sp³-hybridized carbons (Fsp3) is 0.238. The molecule has 0 radical (unpaired) electrons. The lowest BCUT2D eigenvalue weighted by Gasteiger charge is -2.13. The number of hydroxylamine groups is 2. The summed E-state index contributed by atoms with van der Waals surface area (Å²) in [6.07, 6.45) is 0.449. The maximum atomic E-state index is 12.3. The lowest BCUT2D eigenvalue weighted by Crippen LogP contribution is -2.32. The highest BCUT2D eigenvalue weighted by atomic mass is 16.7. The van der Waals surface area contributed by atoms with Crippen molar-refractivity contribution in [3.63, 3.8) is 0 Å². The van der Waals surface area contributed by atoms with Crippen LogP contribution in [0.2, 0.25) is 0 Å². The van der Waals surface area contributed by atoms with Crippen LogP contribution in [0, 0.1) is 5.92 Å². The first-order valence-electron chi connectivity index (χ1n) is 8.92. The summed E-state index contributed by atoms with van der Waals surface area (Å²) >= 11 is 0. The number of hydrogen-bond acceptors (Lipinski definition) is 5. The van der Waals surface area contributed by atoms with Crippen molar-refractivity contribution in [3.8, 4) is 0 Å². The van der Waals surface area contributed by atoms with Gasteiger partial charge in [-0.25, -0.2) is 4.79 Å². The number of carbonyl (C=O) groups is 4. The number of fused-ring (bicyclic) bond motifs is 1. The van der Waals surface area contributed by atoms with Crippen LogP contribution >= 0.6 is 0 Å². The summed E-state index contributed by atoms with van der Waals surface area (Å²) in [7, 11) is 0. The average molecular weight is 380 g/mol. The molecule has 7 heteroatoms. The van der Waals surface area contributed by atoms with Gasteiger partial charge in [0.25, 0.3) is 11.8 Å². The number of carbonyl (C=O) groups excluding carboxylic acids is 4. The van der Waals surface area contributed by atoms with Crippen molar-refractivity contribution in [2.75, 3.05) is 0 Å². The van der Waals surface area contributed by atoms with Gasteiger partial charge in [0.15, 0.2) is 0 Å². The molecule has 1 heterocycles. The third-order valence-electron chi connectivity index (χ3n) is 4.20. The molecule has 3 amide bonds. The zero-order chi connectivity index (χ0) is 20.3. The molecule has 0 atom stereocenters. The molecule has 1 aliphatic rings. The molecule has 1 N–H and O–H groups in total. The van der Waals surface area contributed by atoms with E-state index in [2.05, 4.69) is 5.32 Å². The summed E-state index contributed by atoms with van der Waals surface area (Å²) in [5.41, 5.74) is 1.41. The highest BCUT2D eigenvalue weighted by molar-refractivity contribution is 6.21. The molecular formula is C21H20N2O5. The fourth-order valence-electron chi connectivity index (χ4n) is 2.79. The van der Waals surface area contributed by atoms with Gasteiger partial charge in [-0.05, 0) is 35.7 Å². The maximum Gasteiger partial charge on any atom is 0.363 e. The molecule has 0 fully saturated rings. The molecule has 2 aromatic carbocycles. The molecular weight excluding hydrogens is 360 g/mol. The van der Waals surface area contributed by atoms with Crippen molar-refractivity contribution >= 4 is 23.7 Å². The Hall–Kier alpha value is -3.48. The normalized spacial score (nSPS) is 12.9. The van der Waals surface area contributed by atoms with Crippen molar-refractivity contribution in [1.82, 2.24) is 10.4 Å². The van der Waals surface area contributed by atoms with Gasteiger partial charge in [0.1, 0.15) is 0 Å². The number of nitrogens with one attached hydrogen (secondary N) is 1. The quantitative estimate of drug-likeness (QED) is 0.778. The van der Waals surface area contributed by atoms with Crippen LogP contribution in [0.1, 0.15) is 56.9 Å². The lowest BCUT2D eigenvalue weighted by molar-refractivity contribution is -0.121. The summed E-state index contributed by atoms with van der Waals surface area (Å²) < 4.78 is 0. The first-order valence-corrected chi connectivity index (χ1v) is 8.92. The topological polar surface area (TPSA) is 92.8 Å². The van der Waals surface area contributed by atoms with Crippen LogP contribution in [0.15, 0.2) is 48.5 Å². The molecule has 3 rings (SSSR count). The Bertz CT molecular complexity index is 899. The Morgan fingerprint density at radius 1 is 0.964 bits per heavy atom. The number of hydrogen-bond donors (Lipinski definition) is 1. The lowest BCUT2D eigenvalue weighted by atomic mass is 10.1. The van der Waals surface area contributed by atoms with E-state index in [1.165, 1.54) is 24.3 Å². The van der Waals surface area contributed by atoms with Gasteiger partial charge < -0.3 is 10.2 Å². The zero-order valence-corrected chi connectivity index (χ0v) is 15.6. The predicted molar refractivity (Wildman–Crippen MR) is 100 cm³/mol. The van der Waals surface area contributed by atoms with E-state index in [1.54, 1.807) is 24.3 Å². The van der Waals surface area contributed by atoms with E-state index in [-0.39, 0.29) is 28.5 Å². The molecule has 144 valence electrons. The fourth-order valence-corrected chi connectivity index (χ4v) is 2.79. The minimum atomic E-state index is -0.815. The molecule has 0 saturated carbocycles. The van der Waals surface area contributed by atoms with Crippen LogP contribution in [0.3, 0.4) is 0 Å². The third kappa shape index (κ3) is 4.09. The van der Waals surface area contributed by atoms with Gasteiger partial charge in [0, 0.05) is 13.0 Å². The third-order valence-corrected chi connectivity index (χ3v) is 4.20. The number of imide groups is 1. The summed E-state index contributed by atoms with van der Waals surface area (Å²) in [5, 5.41) is 3.29. The SMILES string of the molecule is CC(C)CC(=O)NCc1ccc(C(=O)ON2C(=O)c3ccccc3C2=O)cc1. The van der Waals surface area contributed by atoms with E-state index >= 15 is 0 Å². The van der Waals surface area contributed by atoms with E-state index in [9.17, 15) is 19.2 Å². The smallest absolute Gasteiger partial charge is 0.352 e. The Morgan fingerprint density at radius 3 is 2.07 bits per heavy atom. The largest absolute Gasteiger partial charge is 0.363 e. The monoisotopic (exact) mass is 380 g/mol. The first-order chi connectivity index (χ1) is 13.4. The van der Waals surface area contributed by atoms with E-state index in [4.69, 9.17) is 4.84 Å². The zero-order valence-electron chi connectivity index (χ0n) is 15.6. The van der Waals surface area contributed by atoms with Crippen LogP contribution in [-0.2, 0) is 16.2 Å². The minimum absolute atomic E-state index is 0.0379. The van der Waals surface area contributed by atoms with Gasteiger partial charge in [0.05, 0.1) is 16.7 Å². The van der Waals surface area contributed by atoms with Crippen LogP contribution in [0.5, 0.6) is 0 Å². The predicted octanol–water partition coefficient (Wildman–Crippen LogP) is 2.72. The highest BCUT2D eigenvalue weighted by Crippen LogP contribution is 2.23. The van der Waals surface area contributed by atoms with Gasteiger partial charge in [0.2, 0.25) is 5.91 Å². The Balaban J connectivity index is 1.61. The highest BCUT2D eigenvalue weighted by Gasteiger charge is 2.38. The van der Waals surface area contributed by atoms with E-state index in [0.717, 1.165) is 5.56 Å². The molecule has 1 aliphatic heterocycles. The molecule has 0 unspecified atom stereocenters. The average Bonchev–Trinajstić information content (AvgIpc) is 2.91. The first kappa shape index (κ1) is 19.3. The summed E-state index contributed by atoms with van der Waals surface area (Å²) in [6, 6.07) is 12.7. The molecule has 28 heavy (non-hydrogen) atoms. The number of amides is 3. The number of benzene rings is 2. The Morgan fingerprint density at radius 2 is 1.54 bits per heavy atom. The molecule has 0 aliphatic carbocycles. The number of nitrogens with zero attached hydrogens (tertiary/aromatic N) is 1. The molecule has 0 saturated heterocycles. The van der Waals surface area contributed by atoms with E-state index < -0.39 is 17.8 Å². The van der Waals surface area contributed by atoms with Crippen LogP contribution < -0.4 is 5.32 Å².